The summed E-state index contributed by atoms with van der Waals surface area (Å²) in [5, 5.41) is 13.9. The van der Waals surface area contributed by atoms with Crippen LogP contribution in [0.3, 0.4) is 0 Å². The van der Waals surface area contributed by atoms with E-state index in [4.69, 9.17) is 10.2 Å². The average Bonchev–Trinajstić information content (AvgIpc) is 2.82. The first-order valence-corrected chi connectivity index (χ1v) is 6.60. The highest BCUT2D eigenvalue weighted by atomic mass is 16.3. The Kier molecular flexibility index (Phi) is 4.24. The Morgan fingerprint density at radius 2 is 2.11 bits per heavy atom. The molecular formula is C15H22N2O2. The Labute approximate surface area is 113 Å². The van der Waals surface area contributed by atoms with E-state index in [0.29, 0.717) is 6.54 Å². The number of benzene rings is 1. The van der Waals surface area contributed by atoms with Crippen molar-refractivity contribution in [3.8, 4) is 0 Å². The van der Waals surface area contributed by atoms with Crippen molar-refractivity contribution in [1.82, 2.24) is 5.32 Å². The van der Waals surface area contributed by atoms with Crippen LogP contribution in [0.5, 0.6) is 0 Å². The lowest BCUT2D eigenvalue weighted by Gasteiger charge is -2.25. The van der Waals surface area contributed by atoms with E-state index in [2.05, 4.69) is 25.2 Å². The smallest absolute Gasteiger partial charge is 0.134 e. The summed E-state index contributed by atoms with van der Waals surface area (Å²) in [5.74, 6) is 0. The van der Waals surface area contributed by atoms with Gasteiger partial charge in [0.1, 0.15) is 5.58 Å². The predicted molar refractivity (Wildman–Crippen MR) is 77.2 cm³/mol. The number of fused-ring (bicyclic) bond motifs is 1. The Balaban J connectivity index is 2.10. The van der Waals surface area contributed by atoms with Crippen LogP contribution in [0.1, 0.15) is 19.4 Å². The van der Waals surface area contributed by atoms with Crippen molar-refractivity contribution in [3.05, 3.63) is 36.1 Å². The van der Waals surface area contributed by atoms with Crippen molar-refractivity contribution in [3.63, 3.8) is 0 Å². The van der Waals surface area contributed by atoms with Crippen LogP contribution in [0.15, 0.2) is 34.9 Å². The molecule has 1 aromatic heterocycles. The summed E-state index contributed by atoms with van der Waals surface area (Å²) in [6.45, 7) is 5.86. The van der Waals surface area contributed by atoms with Crippen LogP contribution in [0, 0.1) is 0 Å². The molecule has 1 aromatic carbocycles. The van der Waals surface area contributed by atoms with Gasteiger partial charge in [-0.05, 0) is 6.07 Å². The summed E-state index contributed by atoms with van der Waals surface area (Å²) < 4.78 is 5.59. The number of para-hydroxylation sites is 1. The fourth-order valence-electron chi connectivity index (χ4n) is 2.23. The van der Waals surface area contributed by atoms with Gasteiger partial charge < -0.3 is 20.6 Å². The van der Waals surface area contributed by atoms with Crippen molar-refractivity contribution in [2.75, 3.05) is 19.6 Å². The molecule has 1 heterocycles. The van der Waals surface area contributed by atoms with Crippen LogP contribution in [0.4, 0.5) is 0 Å². The predicted octanol–water partition coefficient (Wildman–Crippen LogP) is 1.62. The SMILES string of the molecule is CC(C)(CNCC(O)CN)c1coc2ccccc12. The minimum atomic E-state index is -0.489. The van der Waals surface area contributed by atoms with E-state index in [1.54, 1.807) is 0 Å². The van der Waals surface area contributed by atoms with E-state index < -0.39 is 6.10 Å². The lowest BCUT2D eigenvalue weighted by molar-refractivity contribution is 0.177. The van der Waals surface area contributed by atoms with Gasteiger partial charge in [-0.2, -0.15) is 0 Å². The summed E-state index contributed by atoms with van der Waals surface area (Å²) >= 11 is 0. The first-order chi connectivity index (χ1) is 9.04. The van der Waals surface area contributed by atoms with Gasteiger partial charge in [-0.3, -0.25) is 0 Å². The van der Waals surface area contributed by atoms with Crippen LogP contribution in [-0.2, 0) is 5.41 Å². The molecule has 4 nitrogen and oxygen atoms in total. The van der Waals surface area contributed by atoms with Gasteiger partial charge in [0.15, 0.2) is 0 Å². The molecule has 19 heavy (non-hydrogen) atoms. The molecule has 0 aliphatic heterocycles. The molecule has 0 fully saturated rings. The van der Waals surface area contributed by atoms with Gasteiger partial charge in [0, 0.05) is 36.0 Å². The molecule has 0 amide bonds. The zero-order chi connectivity index (χ0) is 13.9. The number of furan rings is 1. The van der Waals surface area contributed by atoms with Crippen molar-refractivity contribution in [2.24, 2.45) is 5.73 Å². The van der Waals surface area contributed by atoms with Crippen LogP contribution >= 0.6 is 0 Å². The number of nitrogens with two attached hydrogens (primary N) is 1. The van der Waals surface area contributed by atoms with Crippen molar-refractivity contribution >= 4 is 11.0 Å². The molecule has 0 aliphatic carbocycles. The molecule has 0 aliphatic rings. The minimum Gasteiger partial charge on any atom is -0.464 e. The van der Waals surface area contributed by atoms with Crippen molar-refractivity contribution in [2.45, 2.75) is 25.4 Å². The van der Waals surface area contributed by atoms with Crippen LogP contribution in [0.25, 0.3) is 11.0 Å². The van der Waals surface area contributed by atoms with Crippen molar-refractivity contribution < 1.29 is 9.52 Å². The maximum absolute atomic E-state index is 9.45. The largest absolute Gasteiger partial charge is 0.464 e. The third-order valence-electron chi connectivity index (χ3n) is 3.43. The molecule has 0 radical (unpaired) electrons. The van der Waals surface area contributed by atoms with Gasteiger partial charge in [0.05, 0.1) is 12.4 Å². The molecule has 0 saturated heterocycles. The van der Waals surface area contributed by atoms with Gasteiger partial charge in [-0.1, -0.05) is 32.0 Å². The molecular weight excluding hydrogens is 240 g/mol. The second-order valence-corrected chi connectivity index (χ2v) is 5.55. The zero-order valence-corrected chi connectivity index (χ0v) is 11.5. The first kappa shape index (κ1) is 14.1. The van der Waals surface area contributed by atoms with Crippen LogP contribution in [0.2, 0.25) is 0 Å². The molecule has 0 saturated carbocycles. The Morgan fingerprint density at radius 1 is 1.37 bits per heavy atom. The molecule has 0 spiro atoms. The Morgan fingerprint density at radius 3 is 2.84 bits per heavy atom. The summed E-state index contributed by atoms with van der Waals surface area (Å²) in [6.07, 6.45) is 1.34. The molecule has 1 atom stereocenters. The first-order valence-electron chi connectivity index (χ1n) is 6.60. The average molecular weight is 262 g/mol. The summed E-state index contributed by atoms with van der Waals surface area (Å²) in [4.78, 5) is 0. The van der Waals surface area contributed by atoms with Gasteiger partial charge in [0.2, 0.25) is 0 Å². The molecule has 4 heteroatoms. The molecule has 2 rings (SSSR count). The number of nitrogens with one attached hydrogen (secondary N) is 1. The highest BCUT2D eigenvalue weighted by Gasteiger charge is 2.24. The number of hydrogen-bond acceptors (Lipinski definition) is 4. The number of hydrogen-bond donors (Lipinski definition) is 3. The molecule has 4 N–H and O–H groups in total. The van der Waals surface area contributed by atoms with Crippen LogP contribution in [-0.4, -0.2) is 30.8 Å². The Hall–Kier alpha value is -1.36. The summed E-state index contributed by atoms with van der Waals surface area (Å²) in [7, 11) is 0. The fraction of sp³-hybridized carbons (Fsp3) is 0.467. The van der Waals surface area contributed by atoms with Gasteiger partial charge >= 0.3 is 0 Å². The van der Waals surface area contributed by atoms with Gasteiger partial charge in [-0.15, -0.1) is 0 Å². The lowest BCUT2D eigenvalue weighted by atomic mass is 9.84. The molecule has 0 bridgehead atoms. The number of rotatable bonds is 6. The topological polar surface area (TPSA) is 71.4 Å². The highest BCUT2D eigenvalue weighted by molar-refractivity contribution is 5.82. The Bertz CT molecular complexity index is 534. The minimum absolute atomic E-state index is 0.0685. The van der Waals surface area contributed by atoms with Crippen LogP contribution < -0.4 is 11.1 Å². The van der Waals surface area contributed by atoms with E-state index in [-0.39, 0.29) is 12.0 Å². The second-order valence-electron chi connectivity index (χ2n) is 5.55. The second kappa shape index (κ2) is 5.74. The number of aliphatic hydroxyl groups excluding tert-OH is 1. The molecule has 104 valence electrons. The highest BCUT2D eigenvalue weighted by Crippen LogP contribution is 2.31. The third kappa shape index (κ3) is 3.15. The summed E-state index contributed by atoms with van der Waals surface area (Å²) in [5.41, 5.74) is 7.41. The fourth-order valence-corrected chi connectivity index (χ4v) is 2.23. The standard InChI is InChI=1S/C15H22N2O2/c1-15(2,10-17-8-11(18)7-16)13-9-19-14-6-4-3-5-12(13)14/h3-6,9,11,17-18H,7-8,10,16H2,1-2H3. The van der Waals surface area contributed by atoms with Crippen molar-refractivity contribution in [1.29, 1.82) is 0 Å². The maximum atomic E-state index is 9.45. The summed E-state index contributed by atoms with van der Waals surface area (Å²) in [6, 6.07) is 8.03. The lowest BCUT2D eigenvalue weighted by Crippen LogP contribution is -2.39. The van der Waals surface area contributed by atoms with Gasteiger partial charge in [-0.25, -0.2) is 0 Å². The van der Waals surface area contributed by atoms with E-state index in [9.17, 15) is 5.11 Å². The van der Waals surface area contributed by atoms with E-state index in [0.717, 1.165) is 17.5 Å². The quantitative estimate of drug-likeness (QED) is 0.740. The maximum Gasteiger partial charge on any atom is 0.134 e. The third-order valence-corrected chi connectivity index (χ3v) is 3.43. The van der Waals surface area contributed by atoms with E-state index in [1.165, 1.54) is 5.56 Å². The number of aliphatic hydroxyl groups is 1. The molecule has 1 unspecified atom stereocenters. The normalized spacial score (nSPS) is 13.9. The monoisotopic (exact) mass is 262 g/mol. The van der Waals surface area contributed by atoms with Gasteiger partial charge in [0.25, 0.3) is 0 Å². The zero-order valence-electron chi connectivity index (χ0n) is 11.5. The van der Waals surface area contributed by atoms with E-state index in [1.807, 2.05) is 24.5 Å². The molecule has 2 aromatic rings. The van der Waals surface area contributed by atoms with E-state index >= 15 is 0 Å².